The number of nitrogens with zero attached hydrogens (tertiary/aromatic N) is 3. The van der Waals surface area contributed by atoms with E-state index in [-0.39, 0.29) is 12.2 Å². The Morgan fingerprint density at radius 2 is 1.96 bits per heavy atom. The summed E-state index contributed by atoms with van der Waals surface area (Å²) >= 11 is 0. The molecular formula is C14H11F4N3O2. The first-order chi connectivity index (χ1) is 10.8. The van der Waals surface area contributed by atoms with Crippen LogP contribution in [0.2, 0.25) is 0 Å². The molecule has 3 atom stereocenters. The highest BCUT2D eigenvalue weighted by Gasteiger charge is 2.46. The fraction of sp³-hybridized carbons (Fsp3) is 0.357. The van der Waals surface area contributed by atoms with Crippen molar-refractivity contribution in [2.45, 2.75) is 30.9 Å². The molecule has 2 heterocycles. The quantitative estimate of drug-likeness (QED) is 0.693. The molecule has 23 heavy (non-hydrogen) atoms. The number of carbonyl (C=O) groups excluding carboxylic acids is 1. The molecule has 0 saturated heterocycles. The minimum atomic E-state index is -5.12. The molecule has 1 N–H and O–H groups in total. The summed E-state index contributed by atoms with van der Waals surface area (Å²) in [4.78, 5) is 15.2. The fourth-order valence-electron chi connectivity index (χ4n) is 2.51. The normalized spacial score (nSPS) is 22.0. The average Bonchev–Trinajstić information content (AvgIpc) is 3.07. The van der Waals surface area contributed by atoms with Gasteiger partial charge in [-0.05, 0) is 5.56 Å². The summed E-state index contributed by atoms with van der Waals surface area (Å²) in [6, 6.07) is 8.12. The number of benzene rings is 1. The Kier molecular flexibility index (Phi) is 3.67. The number of aliphatic hydroxyl groups is 1. The first kappa shape index (κ1) is 15.6. The van der Waals surface area contributed by atoms with Crippen molar-refractivity contribution in [2.24, 2.45) is 0 Å². The zero-order valence-corrected chi connectivity index (χ0v) is 11.5. The van der Waals surface area contributed by atoms with Crippen molar-refractivity contribution in [3.8, 4) is 0 Å². The van der Waals surface area contributed by atoms with E-state index in [1.807, 2.05) is 0 Å². The van der Waals surface area contributed by atoms with Gasteiger partial charge in [0.25, 0.3) is 0 Å². The molecule has 1 aromatic carbocycles. The van der Waals surface area contributed by atoms with Crippen LogP contribution in [0.1, 0.15) is 40.6 Å². The van der Waals surface area contributed by atoms with Gasteiger partial charge in [0.1, 0.15) is 0 Å². The SMILES string of the molecule is O=C(c1nc2n(n1)[C@H](c1ccccc1)C[C@@H]2F)[C@H](O)C(F)(F)F. The average molecular weight is 329 g/mol. The summed E-state index contributed by atoms with van der Waals surface area (Å²) in [6.07, 6.45) is -9.85. The number of Topliss-reactive ketones (excluding diaryl/α,β-unsaturated/α-hetero) is 1. The standard InChI is InChI=1S/C14H11F4N3O2/c15-8-6-9(7-4-2-1-3-5-7)21-13(8)19-12(20-21)10(22)11(23)14(16,17)18/h1-5,8-9,11,23H,6H2/t8-,9-,11-/m0/s1. The Hall–Kier alpha value is -2.29. The first-order valence-electron chi connectivity index (χ1n) is 6.73. The van der Waals surface area contributed by atoms with Crippen LogP contribution in [0.5, 0.6) is 0 Å². The number of aliphatic hydroxyl groups excluding tert-OH is 1. The van der Waals surface area contributed by atoms with E-state index in [0.29, 0.717) is 5.56 Å². The van der Waals surface area contributed by atoms with E-state index >= 15 is 0 Å². The highest BCUT2D eigenvalue weighted by Crippen LogP contribution is 2.39. The Balaban J connectivity index is 1.95. The molecule has 0 amide bonds. The molecule has 0 aliphatic carbocycles. The maximum atomic E-state index is 14.0. The number of aromatic nitrogens is 3. The summed E-state index contributed by atoms with van der Waals surface area (Å²) < 4.78 is 52.4. The summed E-state index contributed by atoms with van der Waals surface area (Å²) in [6.45, 7) is 0. The Morgan fingerprint density at radius 3 is 2.57 bits per heavy atom. The van der Waals surface area contributed by atoms with Gasteiger partial charge in [-0.2, -0.15) is 13.2 Å². The van der Waals surface area contributed by atoms with Crippen LogP contribution in [0.4, 0.5) is 17.6 Å². The van der Waals surface area contributed by atoms with Gasteiger partial charge in [-0.3, -0.25) is 4.79 Å². The number of ketones is 1. The first-order valence-corrected chi connectivity index (χ1v) is 6.73. The fourth-order valence-corrected chi connectivity index (χ4v) is 2.51. The lowest BCUT2D eigenvalue weighted by molar-refractivity contribution is -0.186. The van der Waals surface area contributed by atoms with E-state index in [0.717, 1.165) is 4.68 Å². The van der Waals surface area contributed by atoms with Crippen LogP contribution in [-0.2, 0) is 0 Å². The van der Waals surface area contributed by atoms with Gasteiger partial charge in [-0.25, -0.2) is 14.1 Å². The van der Waals surface area contributed by atoms with Gasteiger partial charge in [-0.15, -0.1) is 5.10 Å². The molecule has 1 aliphatic heterocycles. The number of hydrogen-bond donors (Lipinski definition) is 1. The Bertz CT molecular complexity index is 729. The van der Waals surface area contributed by atoms with Crippen LogP contribution >= 0.6 is 0 Å². The predicted octanol–water partition coefficient (Wildman–Crippen LogP) is 2.39. The lowest BCUT2D eigenvalue weighted by atomic mass is 10.0. The smallest absolute Gasteiger partial charge is 0.377 e. The Labute approximate surface area is 127 Å². The Morgan fingerprint density at radius 1 is 1.30 bits per heavy atom. The van der Waals surface area contributed by atoms with Crippen molar-refractivity contribution < 1.29 is 27.5 Å². The zero-order valence-electron chi connectivity index (χ0n) is 11.5. The molecule has 3 rings (SSSR count). The minimum Gasteiger partial charge on any atom is -0.377 e. The summed E-state index contributed by atoms with van der Waals surface area (Å²) in [7, 11) is 0. The van der Waals surface area contributed by atoms with Gasteiger partial charge < -0.3 is 5.11 Å². The monoisotopic (exact) mass is 329 g/mol. The lowest BCUT2D eigenvalue weighted by Gasteiger charge is -2.12. The van der Waals surface area contributed by atoms with Crippen molar-refractivity contribution in [1.82, 2.24) is 14.8 Å². The summed E-state index contributed by atoms with van der Waals surface area (Å²) in [5, 5.41) is 12.7. The van der Waals surface area contributed by atoms with Gasteiger partial charge in [0.2, 0.25) is 17.7 Å². The maximum absolute atomic E-state index is 14.0. The molecule has 5 nitrogen and oxygen atoms in total. The van der Waals surface area contributed by atoms with Gasteiger partial charge in [0.15, 0.2) is 12.0 Å². The van der Waals surface area contributed by atoms with E-state index in [9.17, 15) is 22.4 Å². The summed E-state index contributed by atoms with van der Waals surface area (Å²) in [5.41, 5.74) is 0.703. The highest BCUT2D eigenvalue weighted by atomic mass is 19.4. The minimum absolute atomic E-state index is 0.0373. The third kappa shape index (κ3) is 2.72. The van der Waals surface area contributed by atoms with E-state index in [2.05, 4.69) is 10.1 Å². The van der Waals surface area contributed by atoms with Crippen molar-refractivity contribution in [3.63, 3.8) is 0 Å². The van der Waals surface area contributed by atoms with Crippen molar-refractivity contribution in [2.75, 3.05) is 0 Å². The largest absolute Gasteiger partial charge is 0.422 e. The van der Waals surface area contributed by atoms with Crippen LogP contribution in [0.25, 0.3) is 0 Å². The number of alkyl halides is 4. The number of rotatable bonds is 3. The highest BCUT2D eigenvalue weighted by molar-refractivity contribution is 5.96. The van der Waals surface area contributed by atoms with Crippen LogP contribution in [0, 0.1) is 0 Å². The number of halogens is 4. The lowest BCUT2D eigenvalue weighted by Crippen LogP contribution is -2.37. The number of fused-ring (bicyclic) bond motifs is 1. The van der Waals surface area contributed by atoms with Crippen LogP contribution in [0.15, 0.2) is 30.3 Å². The van der Waals surface area contributed by atoms with E-state index < -0.39 is 36.1 Å². The molecule has 0 bridgehead atoms. The molecule has 2 aromatic rings. The second-order valence-corrected chi connectivity index (χ2v) is 5.18. The van der Waals surface area contributed by atoms with E-state index in [1.54, 1.807) is 30.3 Å². The molecule has 0 spiro atoms. The third-order valence-corrected chi connectivity index (χ3v) is 3.63. The predicted molar refractivity (Wildman–Crippen MR) is 69.5 cm³/mol. The second-order valence-electron chi connectivity index (χ2n) is 5.18. The van der Waals surface area contributed by atoms with Crippen molar-refractivity contribution >= 4 is 5.78 Å². The maximum Gasteiger partial charge on any atom is 0.422 e. The molecule has 0 radical (unpaired) electrons. The van der Waals surface area contributed by atoms with Gasteiger partial charge in [-0.1, -0.05) is 30.3 Å². The van der Waals surface area contributed by atoms with Crippen LogP contribution in [-0.4, -0.2) is 37.9 Å². The van der Waals surface area contributed by atoms with Gasteiger partial charge in [0.05, 0.1) is 6.04 Å². The number of hydrogen-bond acceptors (Lipinski definition) is 4. The molecule has 0 saturated carbocycles. The number of carbonyl (C=O) groups is 1. The van der Waals surface area contributed by atoms with Gasteiger partial charge >= 0.3 is 6.18 Å². The zero-order chi connectivity index (χ0) is 16.8. The molecule has 9 heteroatoms. The molecule has 0 unspecified atom stereocenters. The molecule has 0 fully saturated rings. The molecule has 1 aliphatic rings. The molecule has 1 aromatic heterocycles. The van der Waals surface area contributed by atoms with E-state index in [1.165, 1.54) is 0 Å². The third-order valence-electron chi connectivity index (χ3n) is 3.63. The van der Waals surface area contributed by atoms with Crippen molar-refractivity contribution in [3.05, 3.63) is 47.5 Å². The summed E-state index contributed by atoms with van der Waals surface area (Å²) in [5.74, 6) is -2.75. The van der Waals surface area contributed by atoms with E-state index in [4.69, 9.17) is 5.11 Å². The van der Waals surface area contributed by atoms with Crippen LogP contribution in [0.3, 0.4) is 0 Å². The van der Waals surface area contributed by atoms with Gasteiger partial charge in [0, 0.05) is 6.42 Å². The van der Waals surface area contributed by atoms with Crippen molar-refractivity contribution in [1.29, 1.82) is 0 Å². The molecular weight excluding hydrogens is 318 g/mol. The molecule has 122 valence electrons. The second kappa shape index (κ2) is 5.41. The topological polar surface area (TPSA) is 68.0 Å². The van der Waals surface area contributed by atoms with Crippen LogP contribution < -0.4 is 0 Å².